The predicted molar refractivity (Wildman–Crippen MR) is 84.9 cm³/mol. The Balaban J connectivity index is 1.89. The average molecular weight is 298 g/mol. The third-order valence-electron chi connectivity index (χ3n) is 3.84. The van der Waals surface area contributed by atoms with Crippen LogP contribution in [0.15, 0.2) is 28.8 Å². The van der Waals surface area contributed by atoms with Crippen LogP contribution in [0.25, 0.3) is 0 Å². The van der Waals surface area contributed by atoms with Crippen LogP contribution >= 0.6 is 0 Å². The summed E-state index contributed by atoms with van der Waals surface area (Å²) < 4.78 is 11.0. The first-order chi connectivity index (χ1) is 10.7. The van der Waals surface area contributed by atoms with Crippen molar-refractivity contribution in [3.05, 3.63) is 46.8 Å². The van der Waals surface area contributed by atoms with E-state index in [4.69, 9.17) is 9.26 Å². The molecule has 1 aromatic heterocycles. The van der Waals surface area contributed by atoms with E-state index in [1.54, 1.807) is 0 Å². The van der Waals surface area contributed by atoms with Gasteiger partial charge in [0.05, 0.1) is 24.3 Å². The Morgan fingerprint density at radius 2 is 2.09 bits per heavy atom. The lowest BCUT2D eigenvalue weighted by Gasteiger charge is -2.12. The molecule has 116 valence electrons. The van der Waals surface area contributed by atoms with Crippen LogP contribution in [0.3, 0.4) is 0 Å². The molecule has 1 unspecified atom stereocenters. The highest BCUT2D eigenvalue weighted by Gasteiger charge is 2.19. The van der Waals surface area contributed by atoms with E-state index in [9.17, 15) is 5.26 Å². The summed E-state index contributed by atoms with van der Waals surface area (Å²) in [6.45, 7) is 6.46. The molecule has 0 saturated carbocycles. The summed E-state index contributed by atoms with van der Waals surface area (Å²) in [7, 11) is 0. The minimum Gasteiger partial charge on any atom is -0.493 e. The number of aryl methyl sites for hydroxylation is 3. The fraction of sp³-hybridized carbons (Fsp3) is 0.444. The molecule has 1 atom stereocenters. The van der Waals surface area contributed by atoms with Crippen LogP contribution in [-0.4, -0.2) is 11.8 Å². The van der Waals surface area contributed by atoms with E-state index >= 15 is 0 Å². The van der Waals surface area contributed by atoms with Gasteiger partial charge in [0.2, 0.25) is 0 Å². The van der Waals surface area contributed by atoms with E-state index in [0.29, 0.717) is 6.61 Å². The Labute approximate surface area is 131 Å². The van der Waals surface area contributed by atoms with Gasteiger partial charge in [0, 0.05) is 5.56 Å². The molecule has 1 heterocycles. The molecule has 0 saturated heterocycles. The number of ether oxygens (including phenoxy) is 1. The van der Waals surface area contributed by atoms with Gasteiger partial charge in [-0.2, -0.15) is 5.26 Å². The van der Waals surface area contributed by atoms with E-state index in [2.05, 4.69) is 24.2 Å². The number of nitriles is 1. The second-order valence-corrected chi connectivity index (χ2v) is 5.37. The fourth-order valence-corrected chi connectivity index (χ4v) is 2.67. The maximum Gasteiger partial charge on any atom is 0.138 e. The zero-order chi connectivity index (χ0) is 15.9. The van der Waals surface area contributed by atoms with Crippen molar-refractivity contribution >= 4 is 0 Å². The highest BCUT2D eigenvalue weighted by Crippen LogP contribution is 2.27. The molecule has 0 aliphatic carbocycles. The molecule has 2 aromatic rings. The van der Waals surface area contributed by atoms with Gasteiger partial charge in [-0.25, -0.2) is 0 Å². The van der Waals surface area contributed by atoms with Crippen molar-refractivity contribution in [1.82, 2.24) is 5.16 Å². The molecule has 2 rings (SSSR count). The lowest BCUT2D eigenvalue weighted by Crippen LogP contribution is -2.04. The van der Waals surface area contributed by atoms with Gasteiger partial charge in [-0.1, -0.05) is 30.3 Å². The van der Waals surface area contributed by atoms with Crippen LogP contribution in [-0.2, 0) is 6.42 Å². The molecule has 0 aliphatic heterocycles. The maximum atomic E-state index is 9.38. The summed E-state index contributed by atoms with van der Waals surface area (Å²) >= 11 is 0. The number of nitrogens with zero attached hydrogens (tertiary/aromatic N) is 2. The second kappa shape index (κ2) is 7.65. The third-order valence-corrected chi connectivity index (χ3v) is 3.84. The van der Waals surface area contributed by atoms with Crippen molar-refractivity contribution < 1.29 is 9.26 Å². The lowest BCUT2D eigenvalue weighted by molar-refractivity contribution is 0.302. The van der Waals surface area contributed by atoms with Gasteiger partial charge in [-0.15, -0.1) is 0 Å². The van der Waals surface area contributed by atoms with Crippen molar-refractivity contribution in [2.24, 2.45) is 0 Å². The summed E-state index contributed by atoms with van der Waals surface area (Å²) in [6, 6.07) is 10.4. The lowest BCUT2D eigenvalue weighted by atomic mass is 9.94. The number of rotatable bonds is 7. The molecule has 4 heteroatoms. The standard InChI is InChI=1S/C18H22N2O2/c1-4-15-8-5-6-10-17(15)21-11-7-9-16(12-19)18-13(2)20-22-14(18)3/h5-6,8,10,16H,4,7,9,11H2,1-3H3. The highest BCUT2D eigenvalue weighted by atomic mass is 16.5. The van der Waals surface area contributed by atoms with Crippen molar-refractivity contribution in [2.75, 3.05) is 6.61 Å². The van der Waals surface area contributed by atoms with Gasteiger partial charge < -0.3 is 9.26 Å². The topological polar surface area (TPSA) is 59.0 Å². The first-order valence-corrected chi connectivity index (χ1v) is 7.70. The summed E-state index contributed by atoms with van der Waals surface area (Å²) in [5.74, 6) is 1.49. The minimum absolute atomic E-state index is 0.184. The Kier molecular flexibility index (Phi) is 5.60. The van der Waals surface area contributed by atoms with Crippen LogP contribution in [0.2, 0.25) is 0 Å². The molecule has 0 aliphatic rings. The minimum atomic E-state index is -0.184. The van der Waals surface area contributed by atoms with Gasteiger partial charge in [0.1, 0.15) is 11.5 Å². The Morgan fingerprint density at radius 3 is 2.73 bits per heavy atom. The first kappa shape index (κ1) is 16.1. The Bertz CT molecular complexity index is 636. The summed E-state index contributed by atoms with van der Waals surface area (Å²) in [5.41, 5.74) is 2.95. The SMILES string of the molecule is CCc1ccccc1OCCCC(C#N)c1c(C)noc1C. The van der Waals surface area contributed by atoms with Crippen LogP contribution in [0.5, 0.6) is 5.75 Å². The van der Waals surface area contributed by atoms with E-state index < -0.39 is 0 Å². The Hall–Kier alpha value is -2.28. The van der Waals surface area contributed by atoms with Crippen LogP contribution in [0.4, 0.5) is 0 Å². The van der Waals surface area contributed by atoms with E-state index in [-0.39, 0.29) is 5.92 Å². The predicted octanol–water partition coefficient (Wildman–Crippen LogP) is 4.32. The van der Waals surface area contributed by atoms with Crippen LogP contribution in [0, 0.1) is 25.2 Å². The van der Waals surface area contributed by atoms with Crippen LogP contribution < -0.4 is 4.74 Å². The molecular formula is C18H22N2O2. The zero-order valence-electron chi connectivity index (χ0n) is 13.4. The number of aromatic nitrogens is 1. The van der Waals surface area contributed by atoms with Gasteiger partial charge in [-0.05, 0) is 44.7 Å². The maximum absolute atomic E-state index is 9.38. The molecular weight excluding hydrogens is 276 g/mol. The molecule has 0 fully saturated rings. The van der Waals surface area contributed by atoms with Crippen molar-refractivity contribution in [3.8, 4) is 11.8 Å². The van der Waals surface area contributed by atoms with Crippen molar-refractivity contribution in [3.63, 3.8) is 0 Å². The van der Waals surface area contributed by atoms with E-state index in [0.717, 1.165) is 42.0 Å². The molecule has 0 N–H and O–H groups in total. The van der Waals surface area contributed by atoms with Crippen molar-refractivity contribution in [1.29, 1.82) is 5.26 Å². The van der Waals surface area contributed by atoms with Crippen LogP contribution in [0.1, 0.15) is 48.3 Å². The number of para-hydroxylation sites is 1. The third kappa shape index (κ3) is 3.67. The quantitative estimate of drug-likeness (QED) is 0.714. The highest BCUT2D eigenvalue weighted by molar-refractivity contribution is 5.33. The summed E-state index contributed by atoms with van der Waals surface area (Å²) in [4.78, 5) is 0. The summed E-state index contributed by atoms with van der Waals surface area (Å²) in [5, 5.41) is 13.3. The molecule has 4 nitrogen and oxygen atoms in total. The largest absolute Gasteiger partial charge is 0.493 e. The van der Waals surface area contributed by atoms with Gasteiger partial charge in [-0.3, -0.25) is 0 Å². The van der Waals surface area contributed by atoms with Gasteiger partial charge >= 0.3 is 0 Å². The Morgan fingerprint density at radius 1 is 1.32 bits per heavy atom. The number of benzene rings is 1. The second-order valence-electron chi connectivity index (χ2n) is 5.37. The first-order valence-electron chi connectivity index (χ1n) is 7.70. The molecule has 0 amide bonds. The smallest absolute Gasteiger partial charge is 0.138 e. The molecule has 22 heavy (non-hydrogen) atoms. The molecule has 0 spiro atoms. The van der Waals surface area contributed by atoms with E-state index in [1.165, 1.54) is 5.56 Å². The molecule has 1 aromatic carbocycles. The zero-order valence-corrected chi connectivity index (χ0v) is 13.4. The number of hydrogen-bond donors (Lipinski definition) is 0. The summed E-state index contributed by atoms with van der Waals surface area (Å²) in [6.07, 6.45) is 2.52. The monoisotopic (exact) mass is 298 g/mol. The number of hydrogen-bond acceptors (Lipinski definition) is 4. The van der Waals surface area contributed by atoms with E-state index in [1.807, 2.05) is 32.0 Å². The van der Waals surface area contributed by atoms with Gasteiger partial charge in [0.25, 0.3) is 0 Å². The average Bonchev–Trinajstić information content (AvgIpc) is 2.87. The normalized spacial score (nSPS) is 11.9. The molecule has 0 radical (unpaired) electrons. The molecule has 0 bridgehead atoms. The van der Waals surface area contributed by atoms with Gasteiger partial charge in [0.15, 0.2) is 0 Å². The van der Waals surface area contributed by atoms with Crippen molar-refractivity contribution in [2.45, 2.75) is 46.0 Å². The fourth-order valence-electron chi connectivity index (χ4n) is 2.67.